The zero-order valence-corrected chi connectivity index (χ0v) is 18.6. The van der Waals surface area contributed by atoms with Crippen molar-refractivity contribution < 1.29 is 13.2 Å². The molecule has 2 aliphatic carbocycles. The van der Waals surface area contributed by atoms with Crippen LogP contribution in [0, 0.1) is 0 Å². The molecular weight excluding hydrogens is 441 g/mol. The molecule has 3 nitrogen and oxygen atoms in total. The molecule has 0 N–H and O–H groups in total. The molecule has 2 aromatic heterocycles. The predicted octanol–water partition coefficient (Wildman–Crippen LogP) is 6.76. The highest BCUT2D eigenvalue weighted by atomic mass is 32.2. The average molecular weight is 465 g/mol. The van der Waals surface area contributed by atoms with E-state index in [2.05, 4.69) is 0 Å². The lowest BCUT2D eigenvalue weighted by molar-refractivity contribution is -0.137. The number of aryl methyl sites for hydroxylation is 2. The van der Waals surface area contributed by atoms with Crippen molar-refractivity contribution in [2.24, 2.45) is 0 Å². The van der Waals surface area contributed by atoms with Crippen molar-refractivity contribution in [3.05, 3.63) is 56.2 Å². The molecule has 164 valence electrons. The molecule has 31 heavy (non-hydrogen) atoms. The van der Waals surface area contributed by atoms with Gasteiger partial charge in [-0.3, -0.25) is 9.36 Å². The smallest absolute Gasteiger partial charge is 0.284 e. The van der Waals surface area contributed by atoms with Gasteiger partial charge in [0.05, 0.1) is 10.9 Å². The van der Waals surface area contributed by atoms with Crippen LogP contribution in [0.5, 0.6) is 0 Å². The molecule has 0 bridgehead atoms. The lowest BCUT2D eigenvalue weighted by atomic mass is 9.97. The summed E-state index contributed by atoms with van der Waals surface area (Å²) in [6.45, 7) is 0. The van der Waals surface area contributed by atoms with Gasteiger partial charge in [0.15, 0.2) is 5.16 Å². The number of nitrogens with zero attached hydrogens (tertiary/aromatic N) is 2. The van der Waals surface area contributed by atoms with Crippen LogP contribution in [0.1, 0.15) is 66.1 Å². The summed E-state index contributed by atoms with van der Waals surface area (Å²) in [6, 6.07) is 5.54. The summed E-state index contributed by atoms with van der Waals surface area (Å²) in [6.07, 6.45) is 3.93. The van der Waals surface area contributed by atoms with Crippen LogP contribution < -0.4 is 5.56 Å². The van der Waals surface area contributed by atoms with Crippen LogP contribution in [0.4, 0.5) is 13.2 Å². The molecular formula is C23H23F3N2OS2. The van der Waals surface area contributed by atoms with E-state index in [1.807, 2.05) is 4.57 Å². The first-order valence-corrected chi connectivity index (χ1v) is 12.6. The highest BCUT2D eigenvalue weighted by Gasteiger charge is 2.31. The fourth-order valence-corrected chi connectivity index (χ4v) is 7.08. The number of rotatable bonds is 4. The zero-order chi connectivity index (χ0) is 21.6. The van der Waals surface area contributed by atoms with Crippen molar-refractivity contribution in [1.29, 1.82) is 0 Å². The molecule has 0 aliphatic heterocycles. The van der Waals surface area contributed by atoms with Gasteiger partial charge in [0.25, 0.3) is 5.56 Å². The topological polar surface area (TPSA) is 34.9 Å². The molecule has 1 fully saturated rings. The van der Waals surface area contributed by atoms with Crippen LogP contribution in [-0.2, 0) is 24.8 Å². The SMILES string of the molecule is O=c1c2c3c(sc2nc(SCc2cccc(C(F)(F)F)c2)n1C1CCCC1)CCCC3. The molecule has 3 aromatic rings. The molecule has 8 heteroatoms. The van der Waals surface area contributed by atoms with E-state index in [1.165, 1.54) is 34.3 Å². The molecule has 2 heterocycles. The van der Waals surface area contributed by atoms with Gasteiger partial charge in [-0.2, -0.15) is 13.2 Å². The summed E-state index contributed by atoms with van der Waals surface area (Å²) in [5.74, 6) is 0.347. The third-order valence-corrected chi connectivity index (χ3v) is 8.51. The third-order valence-electron chi connectivity index (χ3n) is 6.30. The summed E-state index contributed by atoms with van der Waals surface area (Å²) in [4.78, 5) is 20.6. The molecule has 1 saturated carbocycles. The van der Waals surface area contributed by atoms with E-state index in [0.717, 1.165) is 67.6 Å². The van der Waals surface area contributed by atoms with E-state index in [9.17, 15) is 18.0 Å². The maximum atomic E-state index is 13.6. The molecule has 0 amide bonds. The van der Waals surface area contributed by atoms with Gasteiger partial charge in [0.1, 0.15) is 4.83 Å². The van der Waals surface area contributed by atoms with Crippen LogP contribution in [0.25, 0.3) is 10.2 Å². The van der Waals surface area contributed by atoms with Gasteiger partial charge in [-0.1, -0.05) is 42.8 Å². The number of hydrogen-bond donors (Lipinski definition) is 0. The fourth-order valence-electron chi connectivity index (χ4n) is 4.77. The Morgan fingerprint density at radius 1 is 1.13 bits per heavy atom. The van der Waals surface area contributed by atoms with E-state index in [-0.39, 0.29) is 11.6 Å². The molecule has 0 atom stereocenters. The Morgan fingerprint density at radius 2 is 1.90 bits per heavy atom. The van der Waals surface area contributed by atoms with Crippen molar-refractivity contribution in [3.8, 4) is 0 Å². The maximum absolute atomic E-state index is 13.6. The zero-order valence-electron chi connectivity index (χ0n) is 17.0. The largest absolute Gasteiger partial charge is 0.416 e. The Morgan fingerprint density at radius 3 is 2.68 bits per heavy atom. The Labute approximate surface area is 186 Å². The second-order valence-corrected chi connectivity index (χ2v) is 10.4. The van der Waals surface area contributed by atoms with Crippen molar-refractivity contribution in [3.63, 3.8) is 0 Å². The van der Waals surface area contributed by atoms with E-state index >= 15 is 0 Å². The number of alkyl halides is 3. The normalized spacial score (nSPS) is 17.4. The maximum Gasteiger partial charge on any atom is 0.416 e. The lowest BCUT2D eigenvalue weighted by Crippen LogP contribution is -2.26. The van der Waals surface area contributed by atoms with Gasteiger partial charge in [0.2, 0.25) is 0 Å². The summed E-state index contributed by atoms with van der Waals surface area (Å²) >= 11 is 2.99. The minimum atomic E-state index is -4.36. The molecule has 0 unspecified atom stereocenters. The Bertz CT molecular complexity index is 1180. The Balaban J connectivity index is 1.54. The molecule has 2 aliphatic rings. The molecule has 0 radical (unpaired) electrons. The number of aromatic nitrogens is 2. The third kappa shape index (κ3) is 4.04. The first-order valence-electron chi connectivity index (χ1n) is 10.8. The molecule has 0 spiro atoms. The van der Waals surface area contributed by atoms with Crippen LogP contribution in [0.2, 0.25) is 0 Å². The number of hydrogen-bond acceptors (Lipinski definition) is 4. The van der Waals surface area contributed by atoms with E-state index in [1.54, 1.807) is 17.4 Å². The minimum Gasteiger partial charge on any atom is -0.284 e. The highest BCUT2D eigenvalue weighted by Crippen LogP contribution is 2.38. The van der Waals surface area contributed by atoms with E-state index < -0.39 is 11.7 Å². The second-order valence-electron chi connectivity index (χ2n) is 8.39. The van der Waals surface area contributed by atoms with Gasteiger partial charge in [0, 0.05) is 16.7 Å². The van der Waals surface area contributed by atoms with Gasteiger partial charge < -0.3 is 0 Å². The highest BCUT2D eigenvalue weighted by molar-refractivity contribution is 7.98. The van der Waals surface area contributed by atoms with Crippen molar-refractivity contribution >= 4 is 33.3 Å². The first-order chi connectivity index (χ1) is 14.9. The van der Waals surface area contributed by atoms with Crippen molar-refractivity contribution in [2.75, 3.05) is 0 Å². The number of halogens is 3. The fraction of sp³-hybridized carbons (Fsp3) is 0.478. The Hall–Kier alpha value is -1.80. The van der Waals surface area contributed by atoms with E-state index in [0.29, 0.717) is 16.5 Å². The standard InChI is InChI=1S/C23H23F3N2OS2/c24-23(25,26)15-7-5-6-14(12-15)13-30-22-27-20-19(17-10-3-4-11-18(17)31-20)21(29)28(22)16-8-1-2-9-16/h5-7,12,16H,1-4,8-11,13H2. The van der Waals surface area contributed by atoms with Crippen LogP contribution in [-0.4, -0.2) is 9.55 Å². The van der Waals surface area contributed by atoms with E-state index in [4.69, 9.17) is 4.98 Å². The molecule has 5 rings (SSSR count). The van der Waals surface area contributed by atoms with Crippen LogP contribution in [0.3, 0.4) is 0 Å². The first kappa shape index (κ1) is 21.1. The van der Waals surface area contributed by atoms with Gasteiger partial charge >= 0.3 is 6.18 Å². The average Bonchev–Trinajstić information content (AvgIpc) is 3.39. The van der Waals surface area contributed by atoms with Crippen LogP contribution in [0.15, 0.2) is 34.2 Å². The quantitative estimate of drug-likeness (QED) is 0.316. The predicted molar refractivity (Wildman–Crippen MR) is 119 cm³/mol. The summed E-state index contributed by atoms with van der Waals surface area (Å²) < 4.78 is 41.1. The number of thioether (sulfide) groups is 1. The minimum absolute atomic E-state index is 0.0443. The second kappa shape index (κ2) is 8.28. The number of fused-ring (bicyclic) bond motifs is 3. The summed E-state index contributed by atoms with van der Waals surface area (Å²) in [5.41, 5.74) is 1.17. The number of benzene rings is 1. The monoisotopic (exact) mass is 464 g/mol. The van der Waals surface area contributed by atoms with Crippen molar-refractivity contribution in [2.45, 2.75) is 74.5 Å². The van der Waals surface area contributed by atoms with Gasteiger partial charge in [-0.15, -0.1) is 11.3 Å². The Kier molecular flexibility index (Phi) is 5.63. The number of thiophene rings is 1. The summed E-state index contributed by atoms with van der Waals surface area (Å²) in [5, 5.41) is 1.43. The van der Waals surface area contributed by atoms with Crippen LogP contribution >= 0.6 is 23.1 Å². The lowest BCUT2D eigenvalue weighted by Gasteiger charge is -2.18. The van der Waals surface area contributed by atoms with Gasteiger partial charge in [-0.25, -0.2) is 4.98 Å². The molecule has 0 saturated heterocycles. The molecule has 1 aromatic carbocycles. The van der Waals surface area contributed by atoms with Gasteiger partial charge in [-0.05, 0) is 55.7 Å². The summed E-state index contributed by atoms with van der Waals surface area (Å²) in [7, 11) is 0. The van der Waals surface area contributed by atoms with Crippen molar-refractivity contribution in [1.82, 2.24) is 9.55 Å².